The van der Waals surface area contributed by atoms with Crippen LogP contribution in [0.5, 0.6) is 0 Å². The Morgan fingerprint density at radius 2 is 2.12 bits per heavy atom. The molecule has 2 saturated heterocycles. The van der Waals surface area contributed by atoms with Crippen molar-refractivity contribution in [3.63, 3.8) is 0 Å². The molecule has 2 aromatic carbocycles. The lowest BCUT2D eigenvalue weighted by molar-refractivity contribution is -0.128. The molecule has 0 aromatic heterocycles. The second-order valence-corrected chi connectivity index (χ2v) is 9.58. The zero-order valence-corrected chi connectivity index (χ0v) is 18.7. The van der Waals surface area contributed by atoms with E-state index in [0.717, 1.165) is 6.42 Å². The molecule has 3 aliphatic rings. The highest BCUT2D eigenvalue weighted by atomic mass is 35.5. The van der Waals surface area contributed by atoms with Gasteiger partial charge in [0, 0.05) is 47.4 Å². The predicted molar refractivity (Wildman–Crippen MR) is 120 cm³/mol. The molecule has 3 heterocycles. The lowest BCUT2D eigenvalue weighted by Crippen LogP contribution is -2.54. The summed E-state index contributed by atoms with van der Waals surface area (Å²) in [6, 6.07) is 8.63. The van der Waals surface area contributed by atoms with Gasteiger partial charge in [0.2, 0.25) is 5.91 Å². The van der Waals surface area contributed by atoms with Crippen molar-refractivity contribution >= 4 is 34.8 Å². The molecule has 4 N–H and O–H groups in total. The summed E-state index contributed by atoms with van der Waals surface area (Å²) in [6.45, 7) is 1.41. The molecule has 5 rings (SSSR count). The van der Waals surface area contributed by atoms with E-state index in [-0.39, 0.29) is 29.0 Å². The number of nitrogens with zero attached hydrogens (tertiary/aromatic N) is 1. The first kappa shape index (κ1) is 22.1. The molecule has 6 nitrogen and oxygen atoms in total. The average molecular weight is 480 g/mol. The first-order valence-corrected chi connectivity index (χ1v) is 11.4. The number of ether oxygens (including phenoxy) is 1. The highest BCUT2D eigenvalue weighted by molar-refractivity contribution is 6.31. The van der Waals surface area contributed by atoms with Gasteiger partial charge < -0.3 is 20.9 Å². The minimum atomic E-state index is -1.32. The van der Waals surface area contributed by atoms with E-state index in [9.17, 15) is 9.90 Å². The molecule has 2 aromatic rings. The molecule has 1 unspecified atom stereocenters. The molecule has 2 fully saturated rings. The molecule has 0 bridgehead atoms. The molecule has 0 saturated carbocycles. The van der Waals surface area contributed by atoms with Crippen LogP contribution in [-0.2, 0) is 15.1 Å². The molecular weight excluding hydrogens is 456 g/mol. The van der Waals surface area contributed by atoms with E-state index in [1.807, 2.05) is 4.90 Å². The summed E-state index contributed by atoms with van der Waals surface area (Å²) in [5.74, 6) is -1.53. The first-order chi connectivity index (χ1) is 15.4. The number of carbonyl (C=O) groups excluding carboxylic acids is 1. The summed E-state index contributed by atoms with van der Waals surface area (Å²) < 4.78 is 20.9. The van der Waals surface area contributed by atoms with Crippen molar-refractivity contribution in [2.24, 2.45) is 11.7 Å². The fourth-order valence-electron chi connectivity index (χ4n) is 5.73. The van der Waals surface area contributed by atoms with Crippen LogP contribution in [0.3, 0.4) is 0 Å². The molecule has 5 atom stereocenters. The van der Waals surface area contributed by atoms with Crippen LogP contribution in [0.2, 0.25) is 10.0 Å². The molecule has 9 heteroatoms. The van der Waals surface area contributed by atoms with Crippen LogP contribution in [0, 0.1) is 11.7 Å². The minimum Gasteiger partial charge on any atom is -0.395 e. The van der Waals surface area contributed by atoms with Gasteiger partial charge in [-0.25, -0.2) is 4.39 Å². The van der Waals surface area contributed by atoms with E-state index in [2.05, 4.69) is 5.32 Å². The molecule has 0 aliphatic carbocycles. The SMILES string of the molecule is N[C@@H]1[C@H](CO)N(CC2CCOC2)[C@@]2(C(=O)Nc3cc(Cl)ccc32)[C@H]1c1cccc(Cl)c1F. The van der Waals surface area contributed by atoms with Crippen LogP contribution >= 0.6 is 23.2 Å². The van der Waals surface area contributed by atoms with Gasteiger partial charge in [-0.3, -0.25) is 9.69 Å². The van der Waals surface area contributed by atoms with Crippen LogP contribution in [0.25, 0.3) is 0 Å². The van der Waals surface area contributed by atoms with Gasteiger partial charge in [-0.2, -0.15) is 0 Å². The number of aliphatic hydroxyl groups is 1. The van der Waals surface area contributed by atoms with Crippen molar-refractivity contribution in [3.05, 3.63) is 63.4 Å². The number of anilines is 1. The fraction of sp³-hybridized carbons (Fsp3) is 0.435. The minimum absolute atomic E-state index is 0.0391. The largest absolute Gasteiger partial charge is 0.395 e. The third-order valence-corrected chi connectivity index (χ3v) is 7.63. The summed E-state index contributed by atoms with van der Waals surface area (Å²) >= 11 is 12.3. The van der Waals surface area contributed by atoms with Gasteiger partial charge in [-0.05, 0) is 36.1 Å². The highest BCUT2D eigenvalue weighted by Gasteiger charge is 2.66. The van der Waals surface area contributed by atoms with E-state index in [4.69, 9.17) is 33.7 Å². The zero-order chi connectivity index (χ0) is 22.6. The van der Waals surface area contributed by atoms with E-state index in [0.29, 0.717) is 36.0 Å². The molecule has 1 amide bonds. The highest BCUT2D eigenvalue weighted by Crippen LogP contribution is 2.57. The first-order valence-electron chi connectivity index (χ1n) is 10.7. The van der Waals surface area contributed by atoms with E-state index in [1.165, 1.54) is 6.07 Å². The van der Waals surface area contributed by atoms with Gasteiger partial charge in [-0.1, -0.05) is 41.4 Å². The van der Waals surface area contributed by atoms with Gasteiger partial charge in [0.15, 0.2) is 0 Å². The van der Waals surface area contributed by atoms with E-state index in [1.54, 1.807) is 30.3 Å². The number of hydrogen-bond donors (Lipinski definition) is 3. The van der Waals surface area contributed by atoms with Gasteiger partial charge in [0.25, 0.3) is 0 Å². The molecular formula is C23H24Cl2FN3O3. The third-order valence-electron chi connectivity index (χ3n) is 7.10. The molecule has 32 heavy (non-hydrogen) atoms. The Labute approximate surface area is 195 Å². The van der Waals surface area contributed by atoms with Crippen LogP contribution < -0.4 is 11.1 Å². The third kappa shape index (κ3) is 3.10. The summed E-state index contributed by atoms with van der Waals surface area (Å²) in [7, 11) is 0. The normalized spacial score (nSPS) is 32.0. The summed E-state index contributed by atoms with van der Waals surface area (Å²) in [4.78, 5) is 15.8. The number of nitrogens with two attached hydrogens (primary N) is 1. The predicted octanol–water partition coefficient (Wildman–Crippen LogP) is 3.10. The maximum atomic E-state index is 15.4. The van der Waals surface area contributed by atoms with Crippen LogP contribution in [0.15, 0.2) is 36.4 Å². The number of nitrogens with one attached hydrogen (secondary N) is 1. The molecule has 1 spiro atoms. The van der Waals surface area contributed by atoms with Crippen molar-refractivity contribution in [2.45, 2.75) is 30.0 Å². The average Bonchev–Trinajstić information content (AvgIpc) is 3.43. The number of benzene rings is 2. The van der Waals surface area contributed by atoms with Gasteiger partial charge in [-0.15, -0.1) is 0 Å². The monoisotopic (exact) mass is 479 g/mol. The topological polar surface area (TPSA) is 87.8 Å². The standard InChI is InChI=1S/C23H24Cl2FN3O3/c24-13-4-5-15-17(8-13)28-22(31)23(15)19(14-2-1-3-16(25)20(14)26)21(27)18(10-30)29(23)9-12-6-7-32-11-12/h1-5,8,12,18-19,21,30H,6-7,9-11,27H2,(H,28,31)/t12?,18-,19-,21+,23+/m0/s1. The van der Waals surface area contributed by atoms with Crippen molar-refractivity contribution in [3.8, 4) is 0 Å². The van der Waals surface area contributed by atoms with E-state index >= 15 is 4.39 Å². The van der Waals surface area contributed by atoms with Crippen LogP contribution in [0.1, 0.15) is 23.5 Å². The van der Waals surface area contributed by atoms with Gasteiger partial charge >= 0.3 is 0 Å². The Hall–Kier alpha value is -1.74. The summed E-state index contributed by atoms with van der Waals surface area (Å²) in [5, 5.41) is 13.7. The van der Waals surface area contributed by atoms with Crippen molar-refractivity contribution < 1.29 is 19.0 Å². The van der Waals surface area contributed by atoms with E-state index < -0.39 is 29.4 Å². The number of rotatable bonds is 4. The number of likely N-dealkylation sites (tertiary alicyclic amines) is 1. The number of aliphatic hydroxyl groups excluding tert-OH is 1. The lowest BCUT2D eigenvalue weighted by atomic mass is 9.73. The number of amides is 1. The fourth-order valence-corrected chi connectivity index (χ4v) is 6.09. The Morgan fingerprint density at radius 1 is 1.31 bits per heavy atom. The van der Waals surface area contributed by atoms with Gasteiger partial charge in [0.1, 0.15) is 11.4 Å². The second kappa shape index (κ2) is 8.24. The quantitative estimate of drug-likeness (QED) is 0.626. The smallest absolute Gasteiger partial charge is 0.250 e. The second-order valence-electron chi connectivity index (χ2n) is 8.74. The molecule has 0 radical (unpaired) electrons. The Morgan fingerprint density at radius 3 is 2.84 bits per heavy atom. The molecule has 170 valence electrons. The number of fused-ring (bicyclic) bond motifs is 2. The summed E-state index contributed by atoms with van der Waals surface area (Å²) in [6.07, 6.45) is 0.839. The van der Waals surface area contributed by atoms with Crippen molar-refractivity contribution in [2.75, 3.05) is 31.7 Å². The maximum Gasteiger partial charge on any atom is 0.250 e. The van der Waals surface area contributed by atoms with Crippen molar-refractivity contribution in [1.82, 2.24) is 4.90 Å². The maximum absolute atomic E-state index is 15.4. The van der Waals surface area contributed by atoms with Crippen LogP contribution in [-0.4, -0.2) is 54.4 Å². The number of hydrogen-bond acceptors (Lipinski definition) is 5. The number of carbonyl (C=O) groups is 1. The summed E-state index contributed by atoms with van der Waals surface area (Å²) in [5.41, 5.74) is 6.87. The van der Waals surface area contributed by atoms with Gasteiger partial charge in [0.05, 0.1) is 18.2 Å². The Bertz CT molecular complexity index is 1060. The molecule has 3 aliphatic heterocycles. The number of halogens is 3. The zero-order valence-electron chi connectivity index (χ0n) is 17.2. The Kier molecular flexibility index (Phi) is 5.68. The van der Waals surface area contributed by atoms with Crippen LogP contribution in [0.4, 0.5) is 10.1 Å². The Balaban J connectivity index is 1.76. The van der Waals surface area contributed by atoms with Crippen molar-refractivity contribution in [1.29, 1.82) is 0 Å². The lowest BCUT2D eigenvalue weighted by Gasteiger charge is -2.40.